The third kappa shape index (κ3) is 3.98. The second-order valence-electron chi connectivity index (χ2n) is 7.54. The summed E-state index contributed by atoms with van der Waals surface area (Å²) in [7, 11) is 3.15. The van der Waals surface area contributed by atoms with Crippen LogP contribution in [0.25, 0.3) is 11.0 Å². The highest BCUT2D eigenvalue weighted by atomic mass is 35.5. The molecular formula is C21H23ClN4O2S. The third-order valence-corrected chi connectivity index (χ3v) is 6.84. The molecule has 0 amide bonds. The number of rotatable bonds is 4. The molecule has 2 heterocycles. The Balaban J connectivity index is 1.83. The Morgan fingerprint density at radius 1 is 1.03 bits per heavy atom. The van der Waals surface area contributed by atoms with Crippen LogP contribution in [-0.4, -0.2) is 19.1 Å². The van der Waals surface area contributed by atoms with Gasteiger partial charge in [-0.3, -0.25) is 13.9 Å². The van der Waals surface area contributed by atoms with E-state index < -0.39 is 0 Å². The molecule has 0 unspecified atom stereocenters. The highest BCUT2D eigenvalue weighted by molar-refractivity contribution is 7.98. The largest absolute Gasteiger partial charge is 0.332 e. The second kappa shape index (κ2) is 8.32. The molecule has 8 heteroatoms. The maximum absolute atomic E-state index is 12.9. The minimum Gasteiger partial charge on any atom is -0.280 e. The van der Waals surface area contributed by atoms with E-state index in [9.17, 15) is 9.59 Å². The van der Waals surface area contributed by atoms with E-state index in [1.807, 2.05) is 24.3 Å². The number of benzene rings is 1. The van der Waals surface area contributed by atoms with Crippen LogP contribution in [0.4, 0.5) is 0 Å². The fourth-order valence-electron chi connectivity index (χ4n) is 3.83. The van der Waals surface area contributed by atoms with E-state index in [0.717, 1.165) is 41.6 Å². The van der Waals surface area contributed by atoms with E-state index in [2.05, 4.69) is 0 Å². The topological polar surface area (TPSA) is 69.8 Å². The summed E-state index contributed by atoms with van der Waals surface area (Å²) in [5.41, 5.74) is 0.792. The molecule has 0 atom stereocenters. The third-order valence-electron chi connectivity index (χ3n) is 5.54. The summed E-state index contributed by atoms with van der Waals surface area (Å²) in [6.07, 6.45) is 5.65. The Bertz CT molecular complexity index is 1160. The first-order valence-electron chi connectivity index (χ1n) is 9.80. The Labute approximate surface area is 177 Å². The summed E-state index contributed by atoms with van der Waals surface area (Å²) in [6, 6.07) is 7.64. The van der Waals surface area contributed by atoms with Crippen LogP contribution in [0, 0.1) is 0 Å². The van der Waals surface area contributed by atoms with Gasteiger partial charge in [-0.1, -0.05) is 43.0 Å². The van der Waals surface area contributed by atoms with Gasteiger partial charge in [-0.2, -0.15) is 0 Å². The smallest absolute Gasteiger partial charge is 0.280 e. The van der Waals surface area contributed by atoms with Crippen LogP contribution in [0.15, 0.2) is 38.9 Å². The quantitative estimate of drug-likeness (QED) is 0.461. The first-order valence-corrected chi connectivity index (χ1v) is 11.2. The van der Waals surface area contributed by atoms with Crippen molar-refractivity contribution >= 4 is 34.4 Å². The van der Waals surface area contributed by atoms with Gasteiger partial charge >= 0.3 is 5.69 Å². The van der Waals surface area contributed by atoms with E-state index in [1.165, 1.54) is 29.8 Å². The predicted molar refractivity (Wildman–Crippen MR) is 117 cm³/mol. The lowest BCUT2D eigenvalue weighted by molar-refractivity contribution is 0.427. The van der Waals surface area contributed by atoms with Gasteiger partial charge in [0.05, 0.1) is 0 Å². The summed E-state index contributed by atoms with van der Waals surface area (Å²) in [4.78, 5) is 34.9. The standard InChI is InChI=1S/C21H23ClN4O2S/c1-25-18-16(20(27)26(2)21(25)28)19(29-12-13-8-10-15(22)11-9-13)24-17(23-18)14-6-4-3-5-7-14/h8-11,14H,3-7,12H2,1-2H3. The summed E-state index contributed by atoms with van der Waals surface area (Å²) in [6.45, 7) is 0. The molecule has 0 bridgehead atoms. The molecule has 1 fully saturated rings. The van der Waals surface area contributed by atoms with E-state index in [1.54, 1.807) is 7.05 Å². The van der Waals surface area contributed by atoms with Crippen LogP contribution in [0.1, 0.15) is 49.4 Å². The van der Waals surface area contributed by atoms with Crippen molar-refractivity contribution in [3.05, 3.63) is 61.5 Å². The van der Waals surface area contributed by atoms with E-state index in [4.69, 9.17) is 21.6 Å². The van der Waals surface area contributed by atoms with Gasteiger partial charge < -0.3 is 0 Å². The van der Waals surface area contributed by atoms with Crippen molar-refractivity contribution in [3.8, 4) is 0 Å². The number of fused-ring (bicyclic) bond motifs is 1. The Morgan fingerprint density at radius 2 is 1.72 bits per heavy atom. The molecule has 0 N–H and O–H groups in total. The van der Waals surface area contributed by atoms with Gasteiger partial charge in [0.2, 0.25) is 0 Å². The van der Waals surface area contributed by atoms with Crippen LogP contribution in [0.5, 0.6) is 0 Å². The maximum atomic E-state index is 12.9. The lowest BCUT2D eigenvalue weighted by Crippen LogP contribution is -2.38. The van der Waals surface area contributed by atoms with Crippen LogP contribution in [0.3, 0.4) is 0 Å². The molecule has 1 saturated carbocycles. The van der Waals surface area contributed by atoms with Gasteiger partial charge in [0.15, 0.2) is 5.65 Å². The molecular weight excluding hydrogens is 408 g/mol. The fourth-order valence-corrected chi connectivity index (χ4v) is 4.93. The second-order valence-corrected chi connectivity index (χ2v) is 8.94. The van der Waals surface area contributed by atoms with Crippen molar-refractivity contribution in [2.24, 2.45) is 14.1 Å². The van der Waals surface area contributed by atoms with Gasteiger partial charge in [-0.15, -0.1) is 11.8 Å². The number of nitrogens with zero attached hydrogens (tertiary/aromatic N) is 4. The number of aryl methyl sites for hydroxylation is 1. The summed E-state index contributed by atoms with van der Waals surface area (Å²) in [5.74, 6) is 1.68. The molecule has 6 nitrogen and oxygen atoms in total. The molecule has 0 aliphatic heterocycles. The van der Waals surface area contributed by atoms with E-state index >= 15 is 0 Å². The average molecular weight is 431 g/mol. The summed E-state index contributed by atoms with van der Waals surface area (Å²) >= 11 is 7.48. The first-order chi connectivity index (χ1) is 14.0. The van der Waals surface area contributed by atoms with E-state index in [-0.39, 0.29) is 17.2 Å². The molecule has 152 valence electrons. The van der Waals surface area contributed by atoms with Gasteiger partial charge in [-0.05, 0) is 30.5 Å². The van der Waals surface area contributed by atoms with Gasteiger partial charge in [-0.25, -0.2) is 14.8 Å². The average Bonchev–Trinajstić information content (AvgIpc) is 2.75. The van der Waals surface area contributed by atoms with Crippen molar-refractivity contribution in [2.75, 3.05) is 0 Å². The molecule has 0 spiro atoms. The lowest BCUT2D eigenvalue weighted by atomic mass is 9.89. The molecule has 0 radical (unpaired) electrons. The van der Waals surface area contributed by atoms with E-state index in [0.29, 0.717) is 26.8 Å². The van der Waals surface area contributed by atoms with Crippen LogP contribution in [-0.2, 0) is 19.8 Å². The first kappa shape index (κ1) is 20.2. The number of hydrogen-bond acceptors (Lipinski definition) is 5. The normalized spacial score (nSPS) is 15.1. The van der Waals surface area contributed by atoms with Crippen molar-refractivity contribution in [2.45, 2.75) is 48.8 Å². The summed E-state index contributed by atoms with van der Waals surface area (Å²) < 4.78 is 2.58. The van der Waals surface area contributed by atoms with Crippen molar-refractivity contribution < 1.29 is 0 Å². The van der Waals surface area contributed by atoms with Crippen molar-refractivity contribution in [3.63, 3.8) is 0 Å². The van der Waals surface area contributed by atoms with Crippen LogP contribution in [0.2, 0.25) is 5.02 Å². The maximum Gasteiger partial charge on any atom is 0.332 e. The SMILES string of the molecule is Cn1c(=O)c2c(SCc3ccc(Cl)cc3)nc(C3CCCCC3)nc2n(C)c1=O. The molecule has 1 aromatic carbocycles. The number of thioether (sulfide) groups is 1. The Kier molecular flexibility index (Phi) is 5.79. The zero-order chi connectivity index (χ0) is 20.5. The van der Waals surface area contributed by atoms with Gasteiger partial charge in [0.1, 0.15) is 16.2 Å². The van der Waals surface area contributed by atoms with Gasteiger partial charge in [0.25, 0.3) is 5.56 Å². The molecule has 0 saturated heterocycles. The molecule has 29 heavy (non-hydrogen) atoms. The molecule has 1 aliphatic rings. The van der Waals surface area contributed by atoms with Crippen molar-refractivity contribution in [1.82, 2.24) is 19.1 Å². The minimum absolute atomic E-state index is 0.280. The van der Waals surface area contributed by atoms with Crippen molar-refractivity contribution in [1.29, 1.82) is 0 Å². The van der Waals surface area contributed by atoms with Crippen LogP contribution >= 0.6 is 23.4 Å². The fraction of sp³-hybridized carbons (Fsp3) is 0.429. The number of halogens is 1. The number of aromatic nitrogens is 4. The summed E-state index contributed by atoms with van der Waals surface area (Å²) in [5, 5.41) is 1.74. The highest BCUT2D eigenvalue weighted by Crippen LogP contribution is 2.33. The monoisotopic (exact) mass is 430 g/mol. The van der Waals surface area contributed by atoms with Gasteiger partial charge in [0, 0.05) is 30.8 Å². The minimum atomic E-state index is -0.371. The lowest BCUT2D eigenvalue weighted by Gasteiger charge is -2.21. The zero-order valence-corrected chi connectivity index (χ0v) is 18.1. The molecule has 4 rings (SSSR count). The Hall–Kier alpha value is -2.12. The highest BCUT2D eigenvalue weighted by Gasteiger charge is 2.23. The van der Waals surface area contributed by atoms with Crippen LogP contribution < -0.4 is 11.2 Å². The molecule has 3 aromatic rings. The molecule has 2 aromatic heterocycles. The number of hydrogen-bond donors (Lipinski definition) is 0. The zero-order valence-electron chi connectivity index (χ0n) is 16.5. The predicted octanol–water partition coefficient (Wildman–Crippen LogP) is 4.02. The molecule has 1 aliphatic carbocycles. The Morgan fingerprint density at radius 3 is 2.41 bits per heavy atom.